The summed E-state index contributed by atoms with van der Waals surface area (Å²) in [7, 11) is -3.56. The van der Waals surface area contributed by atoms with Crippen LogP contribution in [0, 0.1) is 12.8 Å². The van der Waals surface area contributed by atoms with E-state index in [1.165, 1.54) is 10.4 Å². The molecule has 1 unspecified atom stereocenters. The van der Waals surface area contributed by atoms with E-state index in [1.807, 2.05) is 0 Å². The molecule has 1 aromatic carbocycles. The molecule has 7 heteroatoms. The summed E-state index contributed by atoms with van der Waals surface area (Å²) in [6.45, 7) is 2.54. The summed E-state index contributed by atoms with van der Waals surface area (Å²) in [5, 5.41) is 9.09. The maximum Gasteiger partial charge on any atom is 0.303 e. The van der Waals surface area contributed by atoms with Gasteiger partial charge in [0, 0.05) is 24.5 Å². The summed E-state index contributed by atoms with van der Waals surface area (Å²) in [5.41, 5.74) is 0.661. The highest BCUT2D eigenvalue weighted by molar-refractivity contribution is 7.89. The van der Waals surface area contributed by atoms with E-state index in [0.29, 0.717) is 36.5 Å². The third-order valence-electron chi connectivity index (χ3n) is 3.78. The molecule has 0 spiro atoms. The largest absolute Gasteiger partial charge is 0.481 e. The molecule has 1 atom stereocenters. The van der Waals surface area contributed by atoms with Crippen LogP contribution in [0.2, 0.25) is 5.02 Å². The lowest BCUT2D eigenvalue weighted by atomic mass is 10.0. The first-order valence-corrected chi connectivity index (χ1v) is 8.60. The number of carboxylic acids is 1. The zero-order chi connectivity index (χ0) is 15.6. The lowest BCUT2D eigenvalue weighted by Gasteiger charge is -2.18. The Morgan fingerprint density at radius 3 is 2.86 bits per heavy atom. The number of halogens is 1. The van der Waals surface area contributed by atoms with Gasteiger partial charge < -0.3 is 5.11 Å². The van der Waals surface area contributed by atoms with Gasteiger partial charge in [0.15, 0.2) is 0 Å². The predicted molar refractivity (Wildman–Crippen MR) is 79.9 cm³/mol. The van der Waals surface area contributed by atoms with Crippen molar-refractivity contribution in [1.82, 2.24) is 4.31 Å². The van der Waals surface area contributed by atoms with Crippen LogP contribution in [0.25, 0.3) is 0 Å². The Morgan fingerprint density at radius 2 is 2.19 bits per heavy atom. The highest BCUT2D eigenvalue weighted by atomic mass is 35.5. The summed E-state index contributed by atoms with van der Waals surface area (Å²) >= 11 is 5.89. The summed E-state index contributed by atoms with van der Waals surface area (Å²) in [4.78, 5) is 10.8. The molecule has 2 rings (SSSR count). The van der Waals surface area contributed by atoms with Crippen molar-refractivity contribution in [2.24, 2.45) is 5.92 Å². The number of carboxylic acid groups (broad SMARTS) is 1. The molecule has 1 fully saturated rings. The Hall–Kier alpha value is -1.11. The van der Waals surface area contributed by atoms with Crippen molar-refractivity contribution in [3.63, 3.8) is 0 Å². The standard InChI is InChI=1S/C14H18ClNO4S/c1-10-2-4-12(15)8-13(10)21(19,20)16-7-6-11(9-16)3-5-14(17)18/h2,4,8,11H,3,5-7,9H2,1H3,(H,17,18). The van der Waals surface area contributed by atoms with Gasteiger partial charge in [0.25, 0.3) is 0 Å². The predicted octanol–water partition coefficient (Wildman–Crippen LogP) is 2.52. The molecule has 116 valence electrons. The summed E-state index contributed by atoms with van der Waals surface area (Å²) in [6, 6.07) is 4.82. The molecule has 1 aliphatic rings. The van der Waals surface area contributed by atoms with Crippen molar-refractivity contribution >= 4 is 27.6 Å². The Labute approximate surface area is 129 Å². The minimum atomic E-state index is -3.56. The normalized spacial score (nSPS) is 19.8. The van der Waals surface area contributed by atoms with Gasteiger partial charge in [0.1, 0.15) is 0 Å². The Kier molecular flexibility index (Phi) is 4.91. The maximum atomic E-state index is 12.6. The molecule has 1 heterocycles. The number of carbonyl (C=O) groups is 1. The van der Waals surface area contributed by atoms with E-state index in [9.17, 15) is 13.2 Å². The first-order chi connectivity index (χ1) is 9.80. The second kappa shape index (κ2) is 6.34. The Balaban J connectivity index is 2.14. The molecule has 0 amide bonds. The van der Waals surface area contributed by atoms with E-state index in [-0.39, 0.29) is 17.2 Å². The molecule has 0 radical (unpaired) electrons. The first kappa shape index (κ1) is 16.3. The smallest absolute Gasteiger partial charge is 0.303 e. The number of hydrogen-bond donors (Lipinski definition) is 1. The minimum Gasteiger partial charge on any atom is -0.481 e. The highest BCUT2D eigenvalue weighted by Gasteiger charge is 2.33. The zero-order valence-corrected chi connectivity index (χ0v) is 13.3. The SMILES string of the molecule is Cc1ccc(Cl)cc1S(=O)(=O)N1CCC(CCC(=O)O)C1. The highest BCUT2D eigenvalue weighted by Crippen LogP contribution is 2.29. The van der Waals surface area contributed by atoms with E-state index in [0.717, 1.165) is 0 Å². The fourth-order valence-corrected chi connectivity index (χ4v) is 4.59. The molecule has 1 aromatic rings. The van der Waals surface area contributed by atoms with Gasteiger partial charge in [0.2, 0.25) is 10.0 Å². The number of sulfonamides is 1. The number of aryl methyl sites for hydroxylation is 1. The van der Waals surface area contributed by atoms with Crippen molar-refractivity contribution in [2.45, 2.75) is 31.1 Å². The van der Waals surface area contributed by atoms with Gasteiger partial charge in [-0.3, -0.25) is 4.79 Å². The van der Waals surface area contributed by atoms with E-state index >= 15 is 0 Å². The molecule has 5 nitrogen and oxygen atoms in total. The molecule has 1 saturated heterocycles. The molecule has 1 aliphatic heterocycles. The van der Waals surface area contributed by atoms with Crippen LogP contribution < -0.4 is 0 Å². The molecule has 0 bridgehead atoms. The van der Waals surface area contributed by atoms with Gasteiger partial charge >= 0.3 is 5.97 Å². The molecule has 0 aromatic heterocycles. The fourth-order valence-electron chi connectivity index (χ4n) is 2.57. The van der Waals surface area contributed by atoms with Gasteiger partial charge in [-0.15, -0.1) is 0 Å². The number of hydrogen-bond acceptors (Lipinski definition) is 3. The van der Waals surface area contributed by atoms with Crippen LogP contribution in [0.15, 0.2) is 23.1 Å². The fraction of sp³-hybridized carbons (Fsp3) is 0.500. The van der Waals surface area contributed by atoms with Crippen molar-refractivity contribution < 1.29 is 18.3 Å². The van der Waals surface area contributed by atoms with Crippen molar-refractivity contribution in [3.05, 3.63) is 28.8 Å². The van der Waals surface area contributed by atoms with E-state index < -0.39 is 16.0 Å². The molecule has 0 saturated carbocycles. The van der Waals surface area contributed by atoms with Crippen molar-refractivity contribution in [2.75, 3.05) is 13.1 Å². The first-order valence-electron chi connectivity index (χ1n) is 6.79. The zero-order valence-electron chi connectivity index (χ0n) is 11.8. The summed E-state index contributed by atoms with van der Waals surface area (Å²) in [6.07, 6.45) is 1.29. The topological polar surface area (TPSA) is 74.7 Å². The maximum absolute atomic E-state index is 12.6. The average molecular weight is 332 g/mol. The third kappa shape index (κ3) is 3.75. The lowest BCUT2D eigenvalue weighted by molar-refractivity contribution is -0.137. The summed E-state index contributed by atoms with van der Waals surface area (Å²) < 4.78 is 26.7. The molecule has 0 aliphatic carbocycles. The minimum absolute atomic E-state index is 0.0781. The van der Waals surface area contributed by atoms with Crippen LogP contribution >= 0.6 is 11.6 Å². The third-order valence-corrected chi connectivity index (χ3v) is 6.03. The van der Waals surface area contributed by atoms with Crippen LogP contribution in [0.3, 0.4) is 0 Å². The Bertz CT molecular complexity index is 644. The van der Waals surface area contributed by atoms with Gasteiger partial charge in [-0.25, -0.2) is 8.42 Å². The van der Waals surface area contributed by atoms with Crippen LogP contribution in [-0.2, 0) is 14.8 Å². The second-order valence-electron chi connectivity index (χ2n) is 5.36. The monoisotopic (exact) mass is 331 g/mol. The van der Waals surface area contributed by atoms with Crippen LogP contribution in [0.1, 0.15) is 24.8 Å². The van der Waals surface area contributed by atoms with E-state index in [2.05, 4.69) is 0 Å². The number of benzene rings is 1. The van der Waals surface area contributed by atoms with Crippen LogP contribution in [-0.4, -0.2) is 36.9 Å². The number of nitrogens with zero attached hydrogens (tertiary/aromatic N) is 1. The second-order valence-corrected chi connectivity index (χ2v) is 7.70. The Morgan fingerprint density at radius 1 is 1.48 bits per heavy atom. The lowest BCUT2D eigenvalue weighted by Crippen LogP contribution is -2.29. The van der Waals surface area contributed by atoms with Crippen LogP contribution in [0.4, 0.5) is 0 Å². The quantitative estimate of drug-likeness (QED) is 0.899. The van der Waals surface area contributed by atoms with Gasteiger partial charge in [-0.1, -0.05) is 17.7 Å². The van der Waals surface area contributed by atoms with Gasteiger partial charge in [-0.2, -0.15) is 4.31 Å². The average Bonchev–Trinajstić information content (AvgIpc) is 2.88. The number of rotatable bonds is 5. The van der Waals surface area contributed by atoms with Crippen molar-refractivity contribution in [3.8, 4) is 0 Å². The van der Waals surface area contributed by atoms with E-state index in [4.69, 9.17) is 16.7 Å². The van der Waals surface area contributed by atoms with Crippen LogP contribution in [0.5, 0.6) is 0 Å². The number of aliphatic carboxylic acids is 1. The van der Waals surface area contributed by atoms with Gasteiger partial charge in [0.05, 0.1) is 4.90 Å². The van der Waals surface area contributed by atoms with Gasteiger partial charge in [-0.05, 0) is 43.4 Å². The molecular formula is C14H18ClNO4S. The molecular weight excluding hydrogens is 314 g/mol. The molecule has 1 N–H and O–H groups in total. The van der Waals surface area contributed by atoms with Crippen molar-refractivity contribution in [1.29, 1.82) is 0 Å². The summed E-state index contributed by atoms with van der Waals surface area (Å²) in [5.74, 6) is -0.739. The van der Waals surface area contributed by atoms with E-state index in [1.54, 1.807) is 19.1 Å². The molecule has 21 heavy (non-hydrogen) atoms.